The summed E-state index contributed by atoms with van der Waals surface area (Å²) in [5, 5.41) is 19.1. The van der Waals surface area contributed by atoms with Crippen LogP contribution in [-0.2, 0) is 35.6 Å². The maximum absolute atomic E-state index is 13.9. The van der Waals surface area contributed by atoms with E-state index in [9.17, 15) is 24.0 Å². The fourth-order valence-electron chi connectivity index (χ4n) is 9.00. The fourth-order valence-corrected chi connectivity index (χ4v) is 9.00. The predicted octanol–water partition coefficient (Wildman–Crippen LogP) is 5.78. The molecule has 1 saturated heterocycles. The Labute approximate surface area is 371 Å². The number of ether oxygens (including phenoxy) is 1. The van der Waals surface area contributed by atoms with Crippen LogP contribution in [0, 0.1) is 13.8 Å². The highest BCUT2D eigenvalue weighted by Gasteiger charge is 2.45. The number of fused-ring (bicyclic) bond motifs is 4. The number of anilines is 2. The Balaban J connectivity index is 0.839. The van der Waals surface area contributed by atoms with Crippen LogP contribution in [0.1, 0.15) is 111 Å². The van der Waals surface area contributed by atoms with Gasteiger partial charge in [0.25, 0.3) is 17.7 Å². The summed E-state index contributed by atoms with van der Waals surface area (Å²) in [5.41, 5.74) is 6.56. The normalized spacial score (nSPS) is 16.2. The van der Waals surface area contributed by atoms with Crippen molar-refractivity contribution in [2.75, 3.05) is 12.4 Å². The van der Waals surface area contributed by atoms with Gasteiger partial charge in [0, 0.05) is 54.2 Å². The molecule has 0 radical (unpaired) electrons. The lowest BCUT2D eigenvalue weighted by Crippen LogP contribution is -2.54. The second-order valence-electron chi connectivity index (χ2n) is 16.7. The molecule has 1 unspecified atom stereocenters. The summed E-state index contributed by atoms with van der Waals surface area (Å²) in [6.45, 7) is 7.16. The van der Waals surface area contributed by atoms with Gasteiger partial charge in [-0.15, -0.1) is 0 Å². The molecule has 4 N–H and O–H groups in total. The molecule has 332 valence electrons. The van der Waals surface area contributed by atoms with Crippen molar-refractivity contribution in [2.24, 2.45) is 0 Å². The molecule has 10 rings (SSSR count). The van der Waals surface area contributed by atoms with Gasteiger partial charge in [0.2, 0.25) is 17.6 Å². The summed E-state index contributed by atoms with van der Waals surface area (Å²) in [5.74, 6) is 0.299. The minimum Gasteiger partial charge on any atom is -0.496 e. The molecule has 1 aliphatic carbocycles. The average molecular weight is 879 g/mol. The molecule has 3 aliphatic rings. The molecule has 2 aliphatic heterocycles. The zero-order valence-corrected chi connectivity index (χ0v) is 36.3. The minimum absolute atomic E-state index is 0.0401. The summed E-state index contributed by atoms with van der Waals surface area (Å²) < 4.78 is 15.2. The van der Waals surface area contributed by atoms with Gasteiger partial charge >= 0.3 is 0 Å². The standard InChI is InChI=1S/C46H46N12O7/c1-5-57-35(19-31(54-57)25-12-13-25)50-41-39-29-18-34(64-4)30(37-23(2)55-65-24(37)3)17-32(29)49-40(39)52-42(53-41)44(61)47-20-27-21-56(22-48-27)16-7-6-9-26-10-8-11-28-38(26)46(63)58(45(28)62)33-14-15-36(59)51-43(33)60/h8,10-11,17-19,21-22,25,33H,5-7,9,12-16,20H2,1-4H3,(H,47,61)(H,51,59,60)(H2,49,50,52,53). The minimum atomic E-state index is -1.01. The van der Waals surface area contributed by atoms with E-state index in [1.54, 1.807) is 25.6 Å². The van der Waals surface area contributed by atoms with Crippen molar-refractivity contribution in [3.05, 3.63) is 94.3 Å². The molecule has 5 amide bonds. The van der Waals surface area contributed by atoms with Crippen LogP contribution in [0.4, 0.5) is 11.6 Å². The second kappa shape index (κ2) is 16.5. The number of nitrogens with zero attached hydrogens (tertiary/aromatic N) is 8. The summed E-state index contributed by atoms with van der Waals surface area (Å²) in [6, 6.07) is 10.1. The lowest BCUT2D eigenvalue weighted by molar-refractivity contribution is -0.136. The molecule has 2 aromatic carbocycles. The molecule has 1 saturated carbocycles. The fraction of sp³-hybridized carbons (Fsp3) is 0.348. The van der Waals surface area contributed by atoms with Crippen LogP contribution in [0.3, 0.4) is 0 Å². The molecule has 7 aromatic rings. The van der Waals surface area contributed by atoms with Gasteiger partial charge in [-0.2, -0.15) is 5.10 Å². The molecule has 19 nitrogen and oxygen atoms in total. The molecule has 0 spiro atoms. The van der Waals surface area contributed by atoms with Crippen molar-refractivity contribution in [1.29, 1.82) is 0 Å². The Bertz CT molecular complexity index is 3080. The monoisotopic (exact) mass is 878 g/mol. The zero-order chi connectivity index (χ0) is 45.1. The number of rotatable bonds is 15. The SMILES string of the molecule is CCn1nc(C2CC2)cc1Nc1nc(C(=O)NCc2cn(CCCCc3cccc4c3C(=O)N(C3CCC(=O)NC3=O)C4=O)cn2)nc2[nH]c3cc(-c4c(C)noc4C)c(OC)cc3c12. The molecule has 19 heteroatoms. The molecular formula is C46H46N12O7. The first-order valence-corrected chi connectivity index (χ1v) is 21.8. The average Bonchev–Trinajstić information content (AvgIpc) is 3.51. The van der Waals surface area contributed by atoms with Crippen LogP contribution in [0.15, 0.2) is 53.4 Å². The van der Waals surface area contributed by atoms with Gasteiger partial charge in [0.1, 0.15) is 34.8 Å². The van der Waals surface area contributed by atoms with Crippen molar-refractivity contribution >= 4 is 63.1 Å². The third-order valence-corrected chi connectivity index (χ3v) is 12.4. The summed E-state index contributed by atoms with van der Waals surface area (Å²) in [4.78, 5) is 83.3. The number of carbonyl (C=O) groups excluding carboxylic acids is 5. The van der Waals surface area contributed by atoms with Crippen molar-refractivity contribution in [1.82, 2.24) is 55.0 Å². The maximum atomic E-state index is 13.9. The number of hydrogen-bond donors (Lipinski definition) is 4. The Morgan fingerprint density at radius 1 is 1.00 bits per heavy atom. The van der Waals surface area contributed by atoms with Crippen molar-refractivity contribution < 1.29 is 33.2 Å². The number of hydrogen-bond acceptors (Lipinski definition) is 13. The van der Waals surface area contributed by atoms with Gasteiger partial charge in [-0.3, -0.25) is 34.2 Å². The molecule has 65 heavy (non-hydrogen) atoms. The molecular weight excluding hydrogens is 833 g/mol. The summed E-state index contributed by atoms with van der Waals surface area (Å²) in [6.07, 6.45) is 7.93. The maximum Gasteiger partial charge on any atom is 0.289 e. The van der Waals surface area contributed by atoms with Gasteiger partial charge in [-0.1, -0.05) is 17.3 Å². The van der Waals surface area contributed by atoms with Crippen LogP contribution >= 0.6 is 0 Å². The Morgan fingerprint density at radius 3 is 2.60 bits per heavy atom. The quantitative estimate of drug-likeness (QED) is 0.0707. The number of unbranched alkanes of at least 4 members (excludes halogenated alkanes) is 1. The zero-order valence-electron chi connectivity index (χ0n) is 36.3. The largest absolute Gasteiger partial charge is 0.496 e. The van der Waals surface area contributed by atoms with E-state index in [0.29, 0.717) is 71.5 Å². The van der Waals surface area contributed by atoms with Crippen LogP contribution in [0.5, 0.6) is 5.75 Å². The summed E-state index contributed by atoms with van der Waals surface area (Å²) in [7, 11) is 1.62. The summed E-state index contributed by atoms with van der Waals surface area (Å²) >= 11 is 0. The number of imidazole rings is 1. The number of H-pyrrole nitrogens is 1. The van der Waals surface area contributed by atoms with Crippen LogP contribution in [0.25, 0.3) is 33.1 Å². The van der Waals surface area contributed by atoms with Crippen molar-refractivity contribution in [3.63, 3.8) is 0 Å². The third-order valence-electron chi connectivity index (χ3n) is 12.4. The number of aromatic amines is 1. The van der Waals surface area contributed by atoms with Crippen LogP contribution < -0.4 is 20.7 Å². The smallest absolute Gasteiger partial charge is 0.289 e. The highest BCUT2D eigenvalue weighted by atomic mass is 16.5. The van der Waals surface area contributed by atoms with Gasteiger partial charge in [0.15, 0.2) is 0 Å². The van der Waals surface area contributed by atoms with Gasteiger partial charge in [0.05, 0.1) is 59.1 Å². The number of aryl methyl sites for hydroxylation is 5. The van der Waals surface area contributed by atoms with E-state index >= 15 is 0 Å². The first-order valence-electron chi connectivity index (χ1n) is 21.8. The number of benzene rings is 2. The second-order valence-corrected chi connectivity index (χ2v) is 16.7. The molecule has 2 fully saturated rings. The molecule has 1 atom stereocenters. The van der Waals surface area contributed by atoms with Gasteiger partial charge < -0.3 is 29.4 Å². The van der Waals surface area contributed by atoms with Gasteiger partial charge in [-0.05, 0) is 83.1 Å². The first kappa shape index (κ1) is 41.3. The van der Waals surface area contributed by atoms with E-state index in [1.165, 1.54) is 0 Å². The molecule has 7 heterocycles. The number of nitrogens with one attached hydrogen (secondary N) is 4. The number of methoxy groups -OCH3 is 1. The van der Waals surface area contributed by atoms with E-state index in [4.69, 9.17) is 24.3 Å². The van der Waals surface area contributed by atoms with Crippen molar-refractivity contribution in [3.8, 4) is 16.9 Å². The number of piperidine rings is 1. The van der Waals surface area contributed by atoms with Gasteiger partial charge in [-0.25, -0.2) is 19.6 Å². The third kappa shape index (κ3) is 7.55. The van der Waals surface area contributed by atoms with Crippen molar-refractivity contribution in [2.45, 2.75) is 97.3 Å². The Hall–Kier alpha value is -7.70. The molecule has 0 bridgehead atoms. The highest BCUT2D eigenvalue weighted by molar-refractivity contribution is 6.24. The van der Waals surface area contributed by atoms with Crippen LogP contribution in [-0.4, -0.2) is 87.0 Å². The Kier molecular flexibility index (Phi) is 10.5. The van der Waals surface area contributed by atoms with E-state index in [1.807, 2.05) is 60.5 Å². The van der Waals surface area contributed by atoms with E-state index < -0.39 is 35.6 Å². The molecule has 5 aromatic heterocycles. The predicted molar refractivity (Wildman–Crippen MR) is 236 cm³/mol. The number of amides is 5. The highest BCUT2D eigenvalue weighted by Crippen LogP contribution is 2.43. The topological polar surface area (TPSA) is 237 Å². The van der Waals surface area contributed by atoms with E-state index in [-0.39, 0.29) is 30.8 Å². The Morgan fingerprint density at radius 2 is 1.85 bits per heavy atom. The number of aromatic nitrogens is 8. The number of carbonyl (C=O) groups is 5. The van der Waals surface area contributed by atoms with E-state index in [2.05, 4.69) is 31.1 Å². The number of imide groups is 2. The van der Waals surface area contributed by atoms with Crippen LogP contribution in [0.2, 0.25) is 0 Å². The lowest BCUT2D eigenvalue weighted by atomic mass is 9.98. The first-order chi connectivity index (χ1) is 31.5. The van der Waals surface area contributed by atoms with E-state index in [0.717, 1.165) is 69.0 Å². The lowest BCUT2D eigenvalue weighted by Gasteiger charge is -2.27.